The van der Waals surface area contributed by atoms with Crippen molar-refractivity contribution in [2.45, 2.75) is 25.4 Å². The van der Waals surface area contributed by atoms with Crippen molar-refractivity contribution in [1.29, 1.82) is 0 Å². The maximum absolute atomic E-state index is 11.3. The zero-order valence-corrected chi connectivity index (χ0v) is 9.98. The van der Waals surface area contributed by atoms with Gasteiger partial charge in [-0.05, 0) is 32.2 Å². The van der Waals surface area contributed by atoms with E-state index in [1.165, 1.54) is 14.0 Å². The second-order valence-electron chi connectivity index (χ2n) is 4.69. The van der Waals surface area contributed by atoms with Gasteiger partial charge < -0.3 is 14.9 Å². The molecular weight excluding hydrogens is 210 g/mol. The Labute approximate surface area is 96.0 Å². The van der Waals surface area contributed by atoms with Crippen LogP contribution in [0, 0.1) is 5.92 Å². The largest absolute Gasteiger partial charge is 0.467 e. The summed E-state index contributed by atoms with van der Waals surface area (Å²) in [4.78, 5) is 13.3. The molecule has 1 fully saturated rings. The van der Waals surface area contributed by atoms with E-state index in [2.05, 4.69) is 4.74 Å². The van der Waals surface area contributed by atoms with Crippen LogP contribution in [0.3, 0.4) is 0 Å². The summed E-state index contributed by atoms with van der Waals surface area (Å²) in [5.41, 5.74) is -1.47. The first-order valence-corrected chi connectivity index (χ1v) is 5.63. The Bertz CT molecular complexity index is 242. The van der Waals surface area contributed by atoms with Crippen molar-refractivity contribution in [2.75, 3.05) is 33.4 Å². The van der Waals surface area contributed by atoms with Crippen LogP contribution in [0.15, 0.2) is 0 Å². The smallest absolute Gasteiger partial charge is 0.338 e. The molecule has 0 amide bonds. The lowest BCUT2D eigenvalue weighted by Gasteiger charge is -2.35. The summed E-state index contributed by atoms with van der Waals surface area (Å²) in [5, 5.41) is 19.0. The number of β-amino-alcohol motifs (C(OH)–C–C–N with tert-alkyl or cyclic N) is 1. The zero-order valence-electron chi connectivity index (χ0n) is 9.98. The lowest BCUT2D eigenvalue weighted by molar-refractivity contribution is -0.162. The molecule has 0 aliphatic carbocycles. The quantitative estimate of drug-likeness (QED) is 0.645. The fourth-order valence-electron chi connectivity index (χ4n) is 2.16. The van der Waals surface area contributed by atoms with Gasteiger partial charge in [0.1, 0.15) is 0 Å². The van der Waals surface area contributed by atoms with E-state index in [0.29, 0.717) is 0 Å². The van der Waals surface area contributed by atoms with Crippen molar-refractivity contribution in [3.05, 3.63) is 0 Å². The highest BCUT2D eigenvalue weighted by Gasteiger charge is 2.35. The molecule has 1 aliphatic rings. The van der Waals surface area contributed by atoms with E-state index in [0.717, 1.165) is 25.9 Å². The third-order valence-electron chi connectivity index (χ3n) is 3.02. The van der Waals surface area contributed by atoms with Crippen molar-refractivity contribution < 1.29 is 19.7 Å². The third kappa shape index (κ3) is 3.43. The van der Waals surface area contributed by atoms with E-state index >= 15 is 0 Å². The summed E-state index contributed by atoms with van der Waals surface area (Å²) in [6.07, 6.45) is 2.00. The van der Waals surface area contributed by atoms with Gasteiger partial charge in [0, 0.05) is 19.7 Å². The molecule has 0 bridgehead atoms. The number of aliphatic hydroxyl groups excluding tert-OH is 1. The van der Waals surface area contributed by atoms with Gasteiger partial charge in [-0.25, -0.2) is 4.79 Å². The summed E-state index contributed by atoms with van der Waals surface area (Å²) in [6, 6.07) is 0. The van der Waals surface area contributed by atoms with E-state index in [4.69, 9.17) is 5.11 Å². The van der Waals surface area contributed by atoms with Gasteiger partial charge >= 0.3 is 5.97 Å². The van der Waals surface area contributed by atoms with Gasteiger partial charge in [-0.2, -0.15) is 0 Å². The molecule has 2 atom stereocenters. The topological polar surface area (TPSA) is 70.0 Å². The predicted molar refractivity (Wildman–Crippen MR) is 58.9 cm³/mol. The molecule has 5 nitrogen and oxygen atoms in total. The number of ether oxygens (including phenoxy) is 1. The van der Waals surface area contributed by atoms with Gasteiger partial charge in [0.25, 0.3) is 0 Å². The maximum Gasteiger partial charge on any atom is 0.338 e. The van der Waals surface area contributed by atoms with E-state index in [-0.39, 0.29) is 19.1 Å². The predicted octanol–water partition coefficient (Wildman–Crippen LogP) is -0.385. The Hall–Kier alpha value is -0.650. The molecule has 0 aromatic heterocycles. The minimum absolute atomic E-state index is 0.164. The number of carbonyl (C=O) groups excluding carboxylic acids is 1. The Morgan fingerprint density at radius 2 is 2.31 bits per heavy atom. The van der Waals surface area contributed by atoms with Crippen LogP contribution in [0.2, 0.25) is 0 Å². The van der Waals surface area contributed by atoms with Crippen LogP contribution in [0.1, 0.15) is 19.8 Å². The maximum atomic E-state index is 11.3. The van der Waals surface area contributed by atoms with Gasteiger partial charge in [-0.3, -0.25) is 4.90 Å². The number of rotatable bonds is 4. The first-order chi connectivity index (χ1) is 7.49. The number of carbonyl (C=O) groups is 1. The van der Waals surface area contributed by atoms with E-state index in [9.17, 15) is 9.90 Å². The molecule has 1 rings (SSSR count). The van der Waals surface area contributed by atoms with E-state index in [1.807, 2.05) is 4.90 Å². The number of piperidine rings is 1. The molecule has 94 valence electrons. The van der Waals surface area contributed by atoms with Crippen LogP contribution < -0.4 is 0 Å². The SMILES string of the molecule is COC(=O)C(C)(O)CN1CCCC(CO)C1. The number of methoxy groups -OCH3 is 1. The van der Waals surface area contributed by atoms with Crippen molar-refractivity contribution in [3.8, 4) is 0 Å². The molecule has 1 aliphatic heterocycles. The number of nitrogens with zero attached hydrogens (tertiary/aromatic N) is 1. The van der Waals surface area contributed by atoms with Crippen LogP contribution in [0.4, 0.5) is 0 Å². The van der Waals surface area contributed by atoms with Crippen LogP contribution in [0.5, 0.6) is 0 Å². The van der Waals surface area contributed by atoms with Crippen molar-refractivity contribution >= 4 is 5.97 Å². The normalized spacial score (nSPS) is 26.1. The number of aliphatic hydroxyl groups is 2. The van der Waals surface area contributed by atoms with Crippen LogP contribution in [-0.2, 0) is 9.53 Å². The van der Waals surface area contributed by atoms with Gasteiger partial charge in [-0.15, -0.1) is 0 Å². The summed E-state index contributed by atoms with van der Waals surface area (Å²) < 4.78 is 4.54. The highest BCUT2D eigenvalue weighted by molar-refractivity contribution is 5.78. The molecule has 1 saturated heterocycles. The highest BCUT2D eigenvalue weighted by Crippen LogP contribution is 2.18. The summed E-state index contributed by atoms with van der Waals surface area (Å²) in [7, 11) is 1.27. The summed E-state index contributed by atoms with van der Waals surface area (Å²) >= 11 is 0. The monoisotopic (exact) mass is 231 g/mol. The summed E-state index contributed by atoms with van der Waals surface area (Å²) in [5.74, 6) is -0.360. The number of likely N-dealkylation sites (tertiary alicyclic amines) is 1. The molecule has 0 saturated carbocycles. The van der Waals surface area contributed by atoms with Gasteiger partial charge in [-0.1, -0.05) is 0 Å². The third-order valence-corrected chi connectivity index (χ3v) is 3.02. The molecule has 2 unspecified atom stereocenters. The Morgan fingerprint density at radius 3 is 2.88 bits per heavy atom. The zero-order chi connectivity index (χ0) is 12.2. The van der Waals surface area contributed by atoms with E-state index in [1.54, 1.807) is 0 Å². The molecule has 16 heavy (non-hydrogen) atoms. The Kier molecular flexibility index (Phi) is 4.70. The minimum Gasteiger partial charge on any atom is -0.467 e. The molecule has 0 aromatic rings. The summed E-state index contributed by atoms with van der Waals surface area (Å²) in [6.45, 7) is 3.46. The lowest BCUT2D eigenvalue weighted by atomic mass is 9.97. The molecule has 0 radical (unpaired) electrons. The number of hydrogen-bond acceptors (Lipinski definition) is 5. The molecule has 5 heteroatoms. The Balaban J connectivity index is 2.49. The average molecular weight is 231 g/mol. The van der Waals surface area contributed by atoms with Crippen LogP contribution in [-0.4, -0.2) is 60.0 Å². The second kappa shape index (κ2) is 5.61. The molecule has 1 heterocycles. The minimum atomic E-state index is -1.47. The first kappa shape index (κ1) is 13.4. The van der Waals surface area contributed by atoms with Crippen LogP contribution in [0.25, 0.3) is 0 Å². The van der Waals surface area contributed by atoms with Gasteiger partial charge in [0.2, 0.25) is 0 Å². The fourth-order valence-corrected chi connectivity index (χ4v) is 2.16. The average Bonchev–Trinajstić information content (AvgIpc) is 2.27. The van der Waals surface area contributed by atoms with Gasteiger partial charge in [0.05, 0.1) is 7.11 Å². The van der Waals surface area contributed by atoms with E-state index < -0.39 is 11.6 Å². The lowest BCUT2D eigenvalue weighted by Crippen LogP contribution is -2.50. The fraction of sp³-hybridized carbons (Fsp3) is 0.909. The van der Waals surface area contributed by atoms with Crippen molar-refractivity contribution in [2.24, 2.45) is 5.92 Å². The molecular formula is C11H21NO4. The molecule has 0 spiro atoms. The van der Waals surface area contributed by atoms with Crippen molar-refractivity contribution in [3.63, 3.8) is 0 Å². The standard InChI is InChI=1S/C11H21NO4/c1-11(15,10(14)16-2)8-12-5-3-4-9(6-12)7-13/h9,13,15H,3-8H2,1-2H3. The Morgan fingerprint density at radius 1 is 1.62 bits per heavy atom. The number of hydrogen-bond donors (Lipinski definition) is 2. The van der Waals surface area contributed by atoms with Crippen LogP contribution >= 0.6 is 0 Å². The highest BCUT2D eigenvalue weighted by atomic mass is 16.5. The molecule has 2 N–H and O–H groups in total. The second-order valence-corrected chi connectivity index (χ2v) is 4.69. The first-order valence-electron chi connectivity index (χ1n) is 5.63. The molecule has 0 aromatic carbocycles. The van der Waals surface area contributed by atoms with Crippen molar-refractivity contribution in [1.82, 2.24) is 4.90 Å². The van der Waals surface area contributed by atoms with Gasteiger partial charge in [0.15, 0.2) is 5.60 Å². The number of esters is 1.